The normalized spacial score (nSPS) is 10.7. The summed E-state index contributed by atoms with van der Waals surface area (Å²) >= 11 is 5.92. The molecule has 0 aromatic heterocycles. The fraction of sp³-hybridized carbons (Fsp3) is 0. The van der Waals surface area contributed by atoms with Crippen LogP contribution in [-0.4, -0.2) is 7.85 Å². The Hall–Kier alpha value is -1.73. The van der Waals surface area contributed by atoms with Crippen LogP contribution in [0.4, 0.5) is 0 Å². The number of fused-ring (bicyclic) bond motifs is 1. The SMILES string of the molecule is [B]c1ccc(-c2ccc(Cl)cc2)c2ccccc12. The largest absolute Gasteiger partial charge is 0.114 e. The van der Waals surface area contributed by atoms with Gasteiger partial charge in [-0.15, -0.1) is 0 Å². The molecule has 3 aromatic rings. The molecule has 84 valence electrons. The van der Waals surface area contributed by atoms with Gasteiger partial charge in [0.05, 0.1) is 0 Å². The Morgan fingerprint density at radius 1 is 0.722 bits per heavy atom. The zero-order chi connectivity index (χ0) is 12.5. The van der Waals surface area contributed by atoms with Crippen molar-refractivity contribution in [1.82, 2.24) is 0 Å². The van der Waals surface area contributed by atoms with Crippen molar-refractivity contribution < 1.29 is 0 Å². The Labute approximate surface area is 113 Å². The van der Waals surface area contributed by atoms with Gasteiger partial charge < -0.3 is 0 Å². The van der Waals surface area contributed by atoms with E-state index in [-0.39, 0.29) is 0 Å². The Bertz CT molecular complexity index is 702. The van der Waals surface area contributed by atoms with E-state index >= 15 is 0 Å². The van der Waals surface area contributed by atoms with Gasteiger partial charge in [-0.2, -0.15) is 0 Å². The van der Waals surface area contributed by atoms with Crippen LogP contribution in [0.3, 0.4) is 0 Å². The van der Waals surface area contributed by atoms with Crippen molar-refractivity contribution in [1.29, 1.82) is 0 Å². The molecule has 3 aromatic carbocycles. The minimum absolute atomic E-state index is 0.749. The predicted molar refractivity (Wildman–Crippen MR) is 79.8 cm³/mol. The number of hydrogen-bond donors (Lipinski definition) is 0. The predicted octanol–water partition coefficient (Wildman–Crippen LogP) is 3.95. The lowest BCUT2D eigenvalue weighted by molar-refractivity contribution is 1.66. The highest BCUT2D eigenvalue weighted by Gasteiger charge is 2.04. The van der Waals surface area contributed by atoms with Crippen LogP contribution in [-0.2, 0) is 0 Å². The van der Waals surface area contributed by atoms with Gasteiger partial charge in [0, 0.05) is 5.02 Å². The standard InChI is InChI=1S/C16H10BCl/c17-16-10-9-13(11-5-7-12(18)8-6-11)14-3-1-2-4-15(14)16/h1-10H. The summed E-state index contributed by atoms with van der Waals surface area (Å²) in [7, 11) is 6.01. The lowest BCUT2D eigenvalue weighted by Crippen LogP contribution is -2.03. The van der Waals surface area contributed by atoms with Crippen LogP contribution < -0.4 is 5.46 Å². The third kappa shape index (κ3) is 1.91. The Kier molecular flexibility index (Phi) is 2.85. The third-order valence-electron chi connectivity index (χ3n) is 3.11. The van der Waals surface area contributed by atoms with E-state index in [1.807, 2.05) is 48.5 Å². The Balaban J connectivity index is 2.30. The van der Waals surface area contributed by atoms with Gasteiger partial charge in [-0.25, -0.2) is 0 Å². The van der Waals surface area contributed by atoms with Gasteiger partial charge in [-0.05, 0) is 34.0 Å². The van der Waals surface area contributed by atoms with Gasteiger partial charge in [0.25, 0.3) is 0 Å². The monoisotopic (exact) mass is 248 g/mol. The van der Waals surface area contributed by atoms with E-state index < -0.39 is 0 Å². The minimum Gasteiger partial charge on any atom is -0.0889 e. The molecule has 2 heteroatoms. The molecule has 0 unspecified atom stereocenters. The maximum atomic E-state index is 6.01. The smallest absolute Gasteiger partial charge is 0.0889 e. The average Bonchev–Trinajstić information content (AvgIpc) is 2.41. The number of hydrogen-bond acceptors (Lipinski definition) is 0. The Morgan fingerprint density at radius 3 is 2.11 bits per heavy atom. The van der Waals surface area contributed by atoms with Gasteiger partial charge in [0.15, 0.2) is 0 Å². The maximum absolute atomic E-state index is 6.01. The second-order valence-electron chi connectivity index (χ2n) is 4.25. The molecule has 0 atom stereocenters. The summed E-state index contributed by atoms with van der Waals surface area (Å²) in [6, 6.07) is 20.0. The van der Waals surface area contributed by atoms with E-state index in [0.29, 0.717) is 0 Å². The number of halogens is 1. The maximum Gasteiger partial charge on any atom is 0.114 e. The van der Waals surface area contributed by atoms with Crippen LogP contribution in [0.15, 0.2) is 60.7 Å². The average molecular weight is 249 g/mol. The molecule has 0 aliphatic carbocycles. The third-order valence-corrected chi connectivity index (χ3v) is 3.37. The lowest BCUT2D eigenvalue weighted by atomic mass is 9.86. The molecule has 0 saturated heterocycles. The van der Waals surface area contributed by atoms with Crippen molar-refractivity contribution in [3.63, 3.8) is 0 Å². The zero-order valence-electron chi connectivity index (χ0n) is 9.73. The molecule has 3 rings (SSSR count). The molecule has 2 radical (unpaired) electrons. The molecule has 0 aliphatic rings. The van der Waals surface area contributed by atoms with Gasteiger partial charge in [-0.1, -0.05) is 65.6 Å². The molecule has 18 heavy (non-hydrogen) atoms. The van der Waals surface area contributed by atoms with Crippen molar-refractivity contribution in [3.8, 4) is 11.1 Å². The van der Waals surface area contributed by atoms with Crippen LogP contribution >= 0.6 is 11.6 Å². The lowest BCUT2D eigenvalue weighted by Gasteiger charge is -2.09. The first-order valence-electron chi connectivity index (χ1n) is 5.79. The highest BCUT2D eigenvalue weighted by atomic mass is 35.5. The van der Waals surface area contributed by atoms with Crippen molar-refractivity contribution >= 4 is 35.7 Å². The van der Waals surface area contributed by atoms with Crippen LogP contribution in [0.1, 0.15) is 0 Å². The fourth-order valence-electron chi connectivity index (χ4n) is 2.20. The molecule has 0 amide bonds. The van der Waals surface area contributed by atoms with Crippen LogP contribution in [0.2, 0.25) is 5.02 Å². The van der Waals surface area contributed by atoms with Gasteiger partial charge in [0.2, 0.25) is 0 Å². The van der Waals surface area contributed by atoms with Crippen LogP contribution in [0.5, 0.6) is 0 Å². The fourth-order valence-corrected chi connectivity index (χ4v) is 2.33. The molecule has 0 N–H and O–H groups in total. The van der Waals surface area contributed by atoms with Crippen molar-refractivity contribution in [2.24, 2.45) is 0 Å². The molecule has 0 saturated carbocycles. The molecule has 0 nitrogen and oxygen atoms in total. The number of rotatable bonds is 1. The molecular formula is C16H10BCl. The van der Waals surface area contributed by atoms with Gasteiger partial charge in [-0.3, -0.25) is 0 Å². The van der Waals surface area contributed by atoms with E-state index in [9.17, 15) is 0 Å². The quantitative estimate of drug-likeness (QED) is 0.572. The van der Waals surface area contributed by atoms with Crippen molar-refractivity contribution in [2.75, 3.05) is 0 Å². The first-order chi connectivity index (χ1) is 8.75. The van der Waals surface area contributed by atoms with Crippen LogP contribution in [0.25, 0.3) is 21.9 Å². The first kappa shape index (κ1) is 11.4. The molecular weight excluding hydrogens is 238 g/mol. The van der Waals surface area contributed by atoms with E-state index in [1.165, 1.54) is 10.9 Å². The molecule has 0 bridgehead atoms. The summed E-state index contributed by atoms with van der Waals surface area (Å²) in [5.41, 5.74) is 3.13. The van der Waals surface area contributed by atoms with Gasteiger partial charge >= 0.3 is 0 Å². The van der Waals surface area contributed by atoms with Crippen molar-refractivity contribution in [3.05, 3.63) is 65.7 Å². The topological polar surface area (TPSA) is 0 Å². The highest BCUT2D eigenvalue weighted by Crippen LogP contribution is 2.28. The zero-order valence-corrected chi connectivity index (χ0v) is 10.5. The van der Waals surface area contributed by atoms with Crippen molar-refractivity contribution in [2.45, 2.75) is 0 Å². The minimum atomic E-state index is 0.749. The number of benzene rings is 3. The summed E-state index contributed by atoms with van der Waals surface area (Å²) < 4.78 is 0. The van der Waals surface area contributed by atoms with E-state index in [4.69, 9.17) is 19.4 Å². The summed E-state index contributed by atoms with van der Waals surface area (Å²) in [5.74, 6) is 0. The summed E-state index contributed by atoms with van der Waals surface area (Å²) in [5, 5.41) is 3.00. The second-order valence-corrected chi connectivity index (χ2v) is 4.69. The highest BCUT2D eigenvalue weighted by molar-refractivity contribution is 6.39. The van der Waals surface area contributed by atoms with E-state index in [0.717, 1.165) is 21.4 Å². The summed E-state index contributed by atoms with van der Waals surface area (Å²) in [6.07, 6.45) is 0. The molecule has 0 aliphatic heterocycles. The molecule has 0 heterocycles. The van der Waals surface area contributed by atoms with Gasteiger partial charge in [0.1, 0.15) is 7.85 Å². The second kappa shape index (κ2) is 4.51. The summed E-state index contributed by atoms with van der Waals surface area (Å²) in [6.45, 7) is 0. The summed E-state index contributed by atoms with van der Waals surface area (Å²) in [4.78, 5) is 0. The van der Waals surface area contributed by atoms with E-state index in [1.54, 1.807) is 0 Å². The van der Waals surface area contributed by atoms with E-state index in [2.05, 4.69) is 12.1 Å². The first-order valence-corrected chi connectivity index (χ1v) is 6.17. The molecule has 0 spiro atoms. The Morgan fingerprint density at radius 2 is 1.39 bits per heavy atom. The molecule has 0 fully saturated rings. The van der Waals surface area contributed by atoms with Crippen LogP contribution in [0, 0.1) is 0 Å².